The van der Waals surface area contributed by atoms with Crippen LogP contribution < -0.4 is 4.72 Å². The first-order chi connectivity index (χ1) is 12.1. The van der Waals surface area contributed by atoms with Crippen LogP contribution in [0, 0.1) is 0 Å². The van der Waals surface area contributed by atoms with Crippen molar-refractivity contribution in [3.8, 4) is 11.3 Å². The van der Waals surface area contributed by atoms with E-state index >= 15 is 0 Å². The quantitative estimate of drug-likeness (QED) is 0.578. The van der Waals surface area contributed by atoms with Gasteiger partial charge in [-0.2, -0.15) is 8.75 Å². The van der Waals surface area contributed by atoms with Gasteiger partial charge >= 0.3 is 0 Å². The third kappa shape index (κ3) is 3.16. The maximum Gasteiger partial charge on any atom is 0.243 e. The number of hydrogen-bond acceptors (Lipinski definition) is 7. The molecule has 4 rings (SSSR count). The molecule has 0 amide bonds. The number of aromatic nitrogens is 3. The Morgan fingerprint density at radius 2 is 2.04 bits per heavy atom. The largest absolute Gasteiger partial charge is 0.464 e. The second-order valence-electron chi connectivity index (χ2n) is 5.27. The number of pyridine rings is 1. The van der Waals surface area contributed by atoms with Gasteiger partial charge in [-0.05, 0) is 35.9 Å². The smallest absolute Gasteiger partial charge is 0.243 e. The van der Waals surface area contributed by atoms with E-state index in [0.717, 1.165) is 22.9 Å². The molecule has 1 aromatic carbocycles. The summed E-state index contributed by atoms with van der Waals surface area (Å²) < 4.78 is 41.3. The van der Waals surface area contributed by atoms with E-state index in [0.29, 0.717) is 16.8 Å². The van der Waals surface area contributed by atoms with Gasteiger partial charge in [-0.1, -0.05) is 6.07 Å². The number of nitrogens with zero attached hydrogens (tertiary/aromatic N) is 3. The first-order valence-electron chi connectivity index (χ1n) is 7.32. The maximum atomic E-state index is 12.6. The highest BCUT2D eigenvalue weighted by Crippen LogP contribution is 2.22. The van der Waals surface area contributed by atoms with Crippen LogP contribution in [0.25, 0.3) is 22.4 Å². The molecule has 3 heterocycles. The standard InChI is InChI=1S/C16H12N4O3S2/c21-25(22,15-5-1-3-13-16(15)20-24-19-13)18-9-11-7-12(10-17-8-11)14-4-2-6-23-14/h1-8,10,18H,9H2. The molecule has 0 bridgehead atoms. The molecular weight excluding hydrogens is 360 g/mol. The van der Waals surface area contributed by atoms with Crippen LogP contribution in [0.4, 0.5) is 0 Å². The average molecular weight is 372 g/mol. The highest BCUT2D eigenvalue weighted by molar-refractivity contribution is 7.89. The van der Waals surface area contributed by atoms with Crippen molar-refractivity contribution in [3.05, 3.63) is 60.6 Å². The van der Waals surface area contributed by atoms with Gasteiger partial charge in [-0.3, -0.25) is 4.98 Å². The number of nitrogens with one attached hydrogen (secondary N) is 1. The highest BCUT2D eigenvalue weighted by Gasteiger charge is 2.19. The Morgan fingerprint density at radius 1 is 1.12 bits per heavy atom. The summed E-state index contributed by atoms with van der Waals surface area (Å²) in [5, 5.41) is 0. The third-order valence-corrected chi connectivity index (χ3v) is 5.58. The molecule has 25 heavy (non-hydrogen) atoms. The minimum Gasteiger partial charge on any atom is -0.464 e. The summed E-state index contributed by atoms with van der Waals surface area (Å²) in [6, 6.07) is 10.3. The zero-order valence-corrected chi connectivity index (χ0v) is 14.4. The number of rotatable bonds is 5. The van der Waals surface area contributed by atoms with Crippen molar-refractivity contribution in [2.45, 2.75) is 11.4 Å². The first kappa shape index (κ1) is 15.9. The molecule has 0 unspecified atom stereocenters. The van der Waals surface area contributed by atoms with Gasteiger partial charge in [0.25, 0.3) is 0 Å². The van der Waals surface area contributed by atoms with Crippen LogP contribution in [0.1, 0.15) is 5.56 Å². The van der Waals surface area contributed by atoms with Crippen molar-refractivity contribution < 1.29 is 12.8 Å². The fourth-order valence-corrected chi connectivity index (χ4v) is 4.20. The van der Waals surface area contributed by atoms with Gasteiger partial charge in [-0.15, -0.1) is 0 Å². The van der Waals surface area contributed by atoms with Gasteiger partial charge in [0.2, 0.25) is 10.0 Å². The van der Waals surface area contributed by atoms with E-state index in [2.05, 4.69) is 18.5 Å². The predicted molar refractivity (Wildman–Crippen MR) is 93.4 cm³/mol. The van der Waals surface area contributed by atoms with E-state index in [1.54, 1.807) is 36.9 Å². The van der Waals surface area contributed by atoms with Crippen molar-refractivity contribution in [1.29, 1.82) is 0 Å². The molecule has 0 saturated heterocycles. The second kappa shape index (κ2) is 6.36. The van der Waals surface area contributed by atoms with E-state index in [4.69, 9.17) is 4.42 Å². The lowest BCUT2D eigenvalue weighted by Gasteiger charge is -2.08. The van der Waals surface area contributed by atoms with Gasteiger partial charge in [0.1, 0.15) is 21.7 Å². The number of fused-ring (bicyclic) bond motifs is 1. The first-order valence-corrected chi connectivity index (χ1v) is 9.53. The highest BCUT2D eigenvalue weighted by atomic mass is 32.2. The van der Waals surface area contributed by atoms with Crippen LogP contribution in [0.15, 0.2) is 64.4 Å². The van der Waals surface area contributed by atoms with E-state index in [-0.39, 0.29) is 11.4 Å². The lowest BCUT2D eigenvalue weighted by atomic mass is 10.2. The van der Waals surface area contributed by atoms with E-state index in [9.17, 15) is 8.42 Å². The average Bonchev–Trinajstić information content (AvgIpc) is 3.31. The van der Waals surface area contributed by atoms with Crippen molar-refractivity contribution in [2.24, 2.45) is 0 Å². The SMILES string of the molecule is O=S(=O)(NCc1cncc(-c2ccco2)c1)c1cccc2nsnc12. The fraction of sp³-hybridized carbons (Fsp3) is 0.0625. The summed E-state index contributed by atoms with van der Waals surface area (Å²) in [5.74, 6) is 0.676. The minimum atomic E-state index is -3.72. The summed E-state index contributed by atoms with van der Waals surface area (Å²) >= 11 is 0.985. The summed E-state index contributed by atoms with van der Waals surface area (Å²) in [7, 11) is -3.72. The Balaban J connectivity index is 1.59. The Morgan fingerprint density at radius 3 is 2.88 bits per heavy atom. The molecule has 9 heteroatoms. The van der Waals surface area contributed by atoms with Crippen molar-refractivity contribution in [2.75, 3.05) is 0 Å². The molecule has 3 aromatic heterocycles. The van der Waals surface area contributed by atoms with Crippen LogP contribution in [-0.2, 0) is 16.6 Å². The molecule has 0 aliphatic heterocycles. The summed E-state index contributed by atoms with van der Waals surface area (Å²) in [5.41, 5.74) is 2.45. The molecule has 0 atom stereocenters. The fourth-order valence-electron chi connectivity index (χ4n) is 2.42. The van der Waals surface area contributed by atoms with Crippen molar-refractivity contribution in [1.82, 2.24) is 18.5 Å². The summed E-state index contributed by atoms with van der Waals surface area (Å²) in [6.45, 7) is 0.109. The molecule has 0 spiro atoms. The third-order valence-electron chi connectivity index (χ3n) is 3.61. The zero-order chi connectivity index (χ0) is 17.3. The monoisotopic (exact) mass is 372 g/mol. The van der Waals surface area contributed by atoms with Crippen LogP contribution in [0.5, 0.6) is 0 Å². The molecule has 126 valence electrons. The van der Waals surface area contributed by atoms with Crippen LogP contribution in [0.3, 0.4) is 0 Å². The van der Waals surface area contributed by atoms with Gasteiger partial charge in [-0.25, -0.2) is 13.1 Å². The predicted octanol–water partition coefficient (Wildman–Crippen LogP) is 2.82. The number of benzene rings is 1. The number of sulfonamides is 1. The topological polar surface area (TPSA) is 98.0 Å². The van der Waals surface area contributed by atoms with E-state index in [1.807, 2.05) is 12.1 Å². The summed E-state index contributed by atoms with van der Waals surface area (Å²) in [4.78, 5) is 4.26. The molecule has 7 nitrogen and oxygen atoms in total. The second-order valence-corrected chi connectivity index (χ2v) is 7.54. The van der Waals surface area contributed by atoms with Gasteiger partial charge in [0.05, 0.1) is 18.0 Å². The van der Waals surface area contributed by atoms with Gasteiger partial charge in [0, 0.05) is 24.5 Å². The Kier molecular flexibility index (Phi) is 4.04. The normalized spacial score (nSPS) is 11.8. The van der Waals surface area contributed by atoms with Crippen molar-refractivity contribution >= 4 is 32.8 Å². The lowest BCUT2D eigenvalue weighted by Crippen LogP contribution is -2.23. The van der Waals surface area contributed by atoms with Crippen LogP contribution in [0.2, 0.25) is 0 Å². The van der Waals surface area contributed by atoms with Crippen LogP contribution >= 0.6 is 11.7 Å². The molecule has 0 radical (unpaired) electrons. The minimum absolute atomic E-state index is 0.109. The Labute approximate surface area is 147 Å². The lowest BCUT2D eigenvalue weighted by molar-refractivity contribution is 0.581. The molecule has 1 N–H and O–H groups in total. The molecule has 0 aliphatic rings. The van der Waals surface area contributed by atoms with Crippen molar-refractivity contribution in [3.63, 3.8) is 0 Å². The number of furan rings is 1. The van der Waals surface area contributed by atoms with Gasteiger partial charge < -0.3 is 4.42 Å². The van der Waals surface area contributed by atoms with Crippen LogP contribution in [-0.4, -0.2) is 22.1 Å². The van der Waals surface area contributed by atoms with E-state index < -0.39 is 10.0 Å². The van der Waals surface area contributed by atoms with Gasteiger partial charge in [0.15, 0.2) is 0 Å². The number of hydrogen-bond donors (Lipinski definition) is 1. The molecule has 0 aliphatic carbocycles. The summed E-state index contributed by atoms with van der Waals surface area (Å²) in [6.07, 6.45) is 4.85. The Bertz CT molecular complexity index is 1120. The maximum absolute atomic E-state index is 12.6. The van der Waals surface area contributed by atoms with E-state index in [1.165, 1.54) is 6.07 Å². The molecule has 0 fully saturated rings. The Hall–Kier alpha value is -2.62. The zero-order valence-electron chi connectivity index (χ0n) is 12.8. The molecule has 0 saturated carbocycles. The molecular formula is C16H12N4O3S2. The molecule has 4 aromatic rings.